The van der Waals surface area contributed by atoms with E-state index in [2.05, 4.69) is 27.6 Å². The standard InChI is InChI=1S/C23H25F4N5O2S2/c24-16-11-31(15-12-36(34)13-15)10-8-17(16)29-20-5-1-4-19-21(35-23(25,26)27)18(30-32(19)20)3-2-9-28-22(33)14-6-7-14/h1,4-5,14-17,29H,6-13H2,(H,28,33). The van der Waals surface area contributed by atoms with Crippen molar-refractivity contribution in [1.82, 2.24) is 19.8 Å². The third-order valence-corrected chi connectivity index (χ3v) is 8.87. The maximum absolute atomic E-state index is 15.0. The molecule has 0 spiro atoms. The van der Waals surface area contributed by atoms with Crippen molar-refractivity contribution in [2.24, 2.45) is 5.92 Å². The number of carbonyl (C=O) groups excluding carboxylic acids is 1. The second-order valence-electron chi connectivity index (χ2n) is 9.20. The van der Waals surface area contributed by atoms with E-state index < -0.39 is 28.5 Å². The minimum absolute atomic E-state index is 0.0101. The summed E-state index contributed by atoms with van der Waals surface area (Å²) in [7, 11) is -0.809. The number of piperidine rings is 1. The van der Waals surface area contributed by atoms with Crippen molar-refractivity contribution in [3.05, 3.63) is 23.9 Å². The molecular formula is C23H25F4N5O2S2. The number of alkyl halides is 4. The van der Waals surface area contributed by atoms with Crippen molar-refractivity contribution in [3.63, 3.8) is 0 Å². The summed E-state index contributed by atoms with van der Waals surface area (Å²) in [6.07, 6.45) is 0.985. The van der Waals surface area contributed by atoms with Crippen molar-refractivity contribution >= 4 is 39.8 Å². The average Bonchev–Trinajstić information content (AvgIpc) is 3.59. The third kappa shape index (κ3) is 5.81. The number of amides is 1. The van der Waals surface area contributed by atoms with Crippen LogP contribution in [0.15, 0.2) is 23.1 Å². The SMILES string of the molecule is O=C(NCC#Cc1nn2c(NC3CCN(C4CS(=O)C4)CC3F)cccc2c1SC(F)(F)F)C1CC1. The fourth-order valence-corrected chi connectivity index (χ4v) is 6.27. The van der Waals surface area contributed by atoms with Crippen molar-refractivity contribution in [2.45, 2.75) is 47.9 Å². The molecule has 2 atom stereocenters. The molecule has 1 saturated carbocycles. The zero-order chi connectivity index (χ0) is 25.4. The predicted molar refractivity (Wildman–Crippen MR) is 130 cm³/mol. The van der Waals surface area contributed by atoms with E-state index in [1.807, 2.05) is 4.90 Å². The number of carbonyl (C=O) groups is 1. The topological polar surface area (TPSA) is 78.7 Å². The molecule has 1 aliphatic carbocycles. The van der Waals surface area contributed by atoms with E-state index in [1.54, 1.807) is 12.1 Å². The Morgan fingerprint density at radius 2 is 2.03 bits per heavy atom. The Morgan fingerprint density at radius 3 is 2.69 bits per heavy atom. The van der Waals surface area contributed by atoms with Gasteiger partial charge in [-0.05, 0) is 49.1 Å². The first-order valence-corrected chi connectivity index (χ1v) is 14.0. The number of rotatable bonds is 6. The second-order valence-corrected chi connectivity index (χ2v) is 11.8. The first-order valence-electron chi connectivity index (χ1n) is 11.7. The highest BCUT2D eigenvalue weighted by Gasteiger charge is 2.38. The van der Waals surface area contributed by atoms with Gasteiger partial charge >= 0.3 is 5.51 Å². The van der Waals surface area contributed by atoms with Crippen LogP contribution in [0.25, 0.3) is 5.52 Å². The fourth-order valence-electron chi connectivity index (χ4n) is 4.41. The van der Waals surface area contributed by atoms with Gasteiger partial charge in [0, 0.05) is 47.4 Å². The summed E-state index contributed by atoms with van der Waals surface area (Å²) in [5, 5.41) is 10.1. The van der Waals surface area contributed by atoms with Gasteiger partial charge in [0.1, 0.15) is 17.7 Å². The van der Waals surface area contributed by atoms with Crippen LogP contribution in [0.2, 0.25) is 0 Å². The quantitative estimate of drug-likeness (QED) is 0.332. The molecular weight excluding hydrogens is 518 g/mol. The van der Waals surface area contributed by atoms with Gasteiger partial charge in [0.25, 0.3) is 0 Å². The third-order valence-electron chi connectivity index (χ3n) is 6.52. The smallest absolute Gasteiger partial charge is 0.364 e. The minimum atomic E-state index is -4.55. The summed E-state index contributed by atoms with van der Waals surface area (Å²) in [4.78, 5) is 13.6. The zero-order valence-corrected chi connectivity index (χ0v) is 20.8. The van der Waals surface area contributed by atoms with E-state index in [9.17, 15) is 22.2 Å². The van der Waals surface area contributed by atoms with Crippen LogP contribution in [-0.2, 0) is 15.6 Å². The predicted octanol–water partition coefficient (Wildman–Crippen LogP) is 2.78. The normalized spacial score (nSPS) is 26.7. The lowest BCUT2D eigenvalue weighted by atomic mass is 10.0. The molecule has 3 aliphatic rings. The second kappa shape index (κ2) is 10.2. The number of fused-ring (bicyclic) bond motifs is 1. The number of halogens is 4. The van der Waals surface area contributed by atoms with Gasteiger partial charge in [-0.3, -0.25) is 13.9 Å². The van der Waals surface area contributed by atoms with Crippen LogP contribution >= 0.6 is 11.8 Å². The molecule has 4 heterocycles. The molecule has 3 fully saturated rings. The number of pyridine rings is 1. The Kier molecular flexibility index (Phi) is 7.20. The Labute approximate surface area is 212 Å². The van der Waals surface area contributed by atoms with Crippen LogP contribution in [0.3, 0.4) is 0 Å². The van der Waals surface area contributed by atoms with Gasteiger partial charge < -0.3 is 10.6 Å². The molecule has 2 aromatic heterocycles. The maximum Gasteiger partial charge on any atom is 0.446 e. The molecule has 0 radical (unpaired) electrons. The maximum atomic E-state index is 15.0. The molecule has 0 bridgehead atoms. The Balaban J connectivity index is 1.34. The Morgan fingerprint density at radius 1 is 1.25 bits per heavy atom. The molecule has 13 heteroatoms. The van der Waals surface area contributed by atoms with Gasteiger partial charge in [-0.2, -0.15) is 18.3 Å². The van der Waals surface area contributed by atoms with Crippen molar-refractivity contribution in [2.75, 3.05) is 36.5 Å². The van der Waals surface area contributed by atoms with Gasteiger partial charge in [0.2, 0.25) is 5.91 Å². The number of thioether (sulfide) groups is 1. The van der Waals surface area contributed by atoms with E-state index in [-0.39, 0.29) is 58.8 Å². The molecule has 2 aromatic rings. The van der Waals surface area contributed by atoms with Gasteiger partial charge in [-0.1, -0.05) is 12.0 Å². The number of anilines is 1. The number of aromatic nitrogens is 2. The van der Waals surface area contributed by atoms with Crippen molar-refractivity contribution < 1.29 is 26.6 Å². The molecule has 2 saturated heterocycles. The molecule has 194 valence electrons. The summed E-state index contributed by atoms with van der Waals surface area (Å²) in [5.74, 6) is 6.79. The lowest BCUT2D eigenvalue weighted by molar-refractivity contribution is -0.122. The number of nitrogens with zero attached hydrogens (tertiary/aromatic N) is 3. The van der Waals surface area contributed by atoms with Crippen molar-refractivity contribution in [1.29, 1.82) is 0 Å². The Bertz CT molecular complexity index is 1230. The average molecular weight is 544 g/mol. The zero-order valence-electron chi connectivity index (χ0n) is 19.2. The lowest BCUT2D eigenvalue weighted by Gasteiger charge is -2.42. The van der Waals surface area contributed by atoms with Crippen LogP contribution < -0.4 is 10.6 Å². The van der Waals surface area contributed by atoms with Crippen LogP contribution in [0.1, 0.15) is 25.0 Å². The molecule has 2 aliphatic heterocycles. The van der Waals surface area contributed by atoms with Gasteiger partial charge in [0.15, 0.2) is 0 Å². The first kappa shape index (κ1) is 25.4. The highest BCUT2D eigenvalue weighted by Crippen LogP contribution is 2.41. The van der Waals surface area contributed by atoms with E-state index in [0.717, 1.165) is 12.8 Å². The molecule has 7 nitrogen and oxygen atoms in total. The van der Waals surface area contributed by atoms with E-state index in [1.165, 1.54) is 10.6 Å². The van der Waals surface area contributed by atoms with Crippen LogP contribution in [0.4, 0.5) is 23.4 Å². The fraction of sp³-hybridized carbons (Fsp3) is 0.565. The monoisotopic (exact) mass is 543 g/mol. The highest BCUT2D eigenvalue weighted by atomic mass is 32.2. The summed E-state index contributed by atoms with van der Waals surface area (Å²) in [6.45, 7) is 0.877. The van der Waals surface area contributed by atoms with E-state index in [4.69, 9.17) is 0 Å². The molecule has 1 amide bonds. The molecule has 2 unspecified atom stereocenters. The number of hydrogen-bond acceptors (Lipinski definition) is 6. The summed E-state index contributed by atoms with van der Waals surface area (Å²) in [5.41, 5.74) is -4.40. The number of nitrogens with one attached hydrogen (secondary N) is 2. The van der Waals surface area contributed by atoms with Gasteiger partial charge in [-0.15, -0.1) is 0 Å². The van der Waals surface area contributed by atoms with Crippen LogP contribution in [0.5, 0.6) is 0 Å². The molecule has 5 rings (SSSR count). The number of likely N-dealkylation sites (tertiary alicyclic amines) is 1. The summed E-state index contributed by atoms with van der Waals surface area (Å²) < 4.78 is 67.7. The van der Waals surface area contributed by atoms with E-state index >= 15 is 4.39 Å². The van der Waals surface area contributed by atoms with Gasteiger partial charge in [0.05, 0.1) is 23.0 Å². The summed E-state index contributed by atoms with van der Waals surface area (Å²) in [6, 6.07) is 4.37. The van der Waals surface area contributed by atoms with Crippen LogP contribution in [-0.4, -0.2) is 79.5 Å². The summed E-state index contributed by atoms with van der Waals surface area (Å²) >= 11 is -0.296. The molecule has 0 aromatic carbocycles. The highest BCUT2D eigenvalue weighted by molar-refractivity contribution is 8.00. The number of hydrogen-bond donors (Lipinski definition) is 2. The lowest BCUT2D eigenvalue weighted by Crippen LogP contribution is -2.57. The molecule has 2 N–H and O–H groups in total. The van der Waals surface area contributed by atoms with Gasteiger partial charge in [-0.25, -0.2) is 8.91 Å². The van der Waals surface area contributed by atoms with Crippen LogP contribution in [0, 0.1) is 17.8 Å². The first-order chi connectivity index (χ1) is 17.2. The minimum Gasteiger partial charge on any atom is -0.364 e. The Hall–Kier alpha value is -2.30. The van der Waals surface area contributed by atoms with Crippen molar-refractivity contribution in [3.8, 4) is 11.8 Å². The molecule has 36 heavy (non-hydrogen) atoms. The largest absolute Gasteiger partial charge is 0.446 e. The van der Waals surface area contributed by atoms with E-state index in [0.29, 0.717) is 30.3 Å².